The summed E-state index contributed by atoms with van der Waals surface area (Å²) in [5.41, 5.74) is 2.47. The second-order valence-corrected chi connectivity index (χ2v) is 6.10. The molecule has 118 valence electrons. The van der Waals surface area contributed by atoms with Crippen molar-refractivity contribution in [1.82, 2.24) is 10.6 Å². The van der Waals surface area contributed by atoms with E-state index < -0.39 is 0 Å². The van der Waals surface area contributed by atoms with Gasteiger partial charge in [0.25, 0.3) is 0 Å². The first-order valence-corrected chi connectivity index (χ1v) is 8.76. The molecular weight excluding hydrogens is 280 g/mol. The predicted molar refractivity (Wildman–Crippen MR) is 96.6 cm³/mol. The Kier molecular flexibility index (Phi) is 8.74. The summed E-state index contributed by atoms with van der Waals surface area (Å²) in [7, 11) is 5.92. The fraction of sp³-hybridized carbons (Fsp3) is 0.562. The van der Waals surface area contributed by atoms with Gasteiger partial charge in [-0.15, -0.1) is 0 Å². The molecule has 1 aromatic rings. The van der Waals surface area contributed by atoms with Gasteiger partial charge in [0.05, 0.1) is 0 Å². The number of hydrogen-bond donors (Lipinski definition) is 2. The molecule has 0 amide bonds. The summed E-state index contributed by atoms with van der Waals surface area (Å²) in [6.45, 7) is 1.76. The van der Waals surface area contributed by atoms with Gasteiger partial charge in [0.1, 0.15) is 0 Å². The molecule has 1 rings (SSSR count). The van der Waals surface area contributed by atoms with Gasteiger partial charge in [-0.1, -0.05) is 12.1 Å². The summed E-state index contributed by atoms with van der Waals surface area (Å²) in [4.78, 5) is 6.35. The van der Waals surface area contributed by atoms with Crippen molar-refractivity contribution in [3.05, 3.63) is 29.8 Å². The first kappa shape index (κ1) is 17.7. The van der Waals surface area contributed by atoms with E-state index in [-0.39, 0.29) is 0 Å². The Hall–Kier alpha value is -1.36. The Labute approximate surface area is 133 Å². The maximum Gasteiger partial charge on any atom is 0.191 e. The highest BCUT2D eigenvalue weighted by molar-refractivity contribution is 7.98. The molecule has 0 radical (unpaired) electrons. The molecule has 0 bridgehead atoms. The molecule has 0 unspecified atom stereocenters. The zero-order valence-corrected chi connectivity index (χ0v) is 14.5. The SMILES string of the molecule is CN=C(NCCCCSC)NCc1ccc(N(C)C)cc1. The van der Waals surface area contributed by atoms with Crippen molar-refractivity contribution < 1.29 is 0 Å². The highest BCUT2D eigenvalue weighted by atomic mass is 32.2. The van der Waals surface area contributed by atoms with Crippen LogP contribution in [0, 0.1) is 0 Å². The molecule has 0 aliphatic rings. The Morgan fingerprint density at radius 2 is 1.86 bits per heavy atom. The third-order valence-corrected chi connectivity index (χ3v) is 3.90. The fourth-order valence-electron chi connectivity index (χ4n) is 1.90. The second-order valence-electron chi connectivity index (χ2n) is 5.11. The van der Waals surface area contributed by atoms with Crippen LogP contribution in [-0.2, 0) is 6.54 Å². The van der Waals surface area contributed by atoms with Gasteiger partial charge in [0, 0.05) is 39.9 Å². The van der Waals surface area contributed by atoms with Gasteiger partial charge < -0.3 is 15.5 Å². The average Bonchev–Trinajstić information content (AvgIpc) is 2.50. The molecule has 2 N–H and O–H groups in total. The van der Waals surface area contributed by atoms with Crippen molar-refractivity contribution in [1.29, 1.82) is 0 Å². The quantitative estimate of drug-likeness (QED) is 0.440. The second kappa shape index (κ2) is 10.4. The van der Waals surface area contributed by atoms with E-state index in [9.17, 15) is 0 Å². The minimum atomic E-state index is 0.790. The number of anilines is 1. The van der Waals surface area contributed by atoms with E-state index in [1.54, 1.807) is 0 Å². The molecule has 21 heavy (non-hydrogen) atoms. The van der Waals surface area contributed by atoms with Gasteiger partial charge in [-0.05, 0) is 42.5 Å². The maximum absolute atomic E-state index is 4.25. The lowest BCUT2D eigenvalue weighted by atomic mass is 10.2. The monoisotopic (exact) mass is 308 g/mol. The van der Waals surface area contributed by atoms with E-state index >= 15 is 0 Å². The lowest BCUT2D eigenvalue weighted by Crippen LogP contribution is -2.37. The van der Waals surface area contributed by atoms with E-state index in [0.717, 1.165) is 19.0 Å². The Morgan fingerprint density at radius 3 is 2.43 bits per heavy atom. The molecule has 0 spiro atoms. The normalized spacial score (nSPS) is 11.3. The van der Waals surface area contributed by atoms with Crippen LogP contribution in [0.1, 0.15) is 18.4 Å². The Bertz CT molecular complexity index is 415. The highest BCUT2D eigenvalue weighted by Crippen LogP contribution is 2.11. The summed E-state index contributed by atoms with van der Waals surface area (Å²) >= 11 is 1.90. The number of benzene rings is 1. The molecule has 0 aliphatic heterocycles. The van der Waals surface area contributed by atoms with Crippen LogP contribution in [0.4, 0.5) is 5.69 Å². The lowest BCUT2D eigenvalue weighted by Gasteiger charge is -2.14. The highest BCUT2D eigenvalue weighted by Gasteiger charge is 1.99. The zero-order chi connectivity index (χ0) is 15.5. The van der Waals surface area contributed by atoms with Gasteiger partial charge in [0.15, 0.2) is 5.96 Å². The number of thioether (sulfide) groups is 1. The topological polar surface area (TPSA) is 39.7 Å². The van der Waals surface area contributed by atoms with Crippen LogP contribution in [0.2, 0.25) is 0 Å². The molecule has 4 nitrogen and oxygen atoms in total. The number of guanidine groups is 1. The smallest absolute Gasteiger partial charge is 0.191 e. The van der Waals surface area contributed by atoms with Gasteiger partial charge >= 0.3 is 0 Å². The number of hydrogen-bond acceptors (Lipinski definition) is 3. The molecule has 0 saturated heterocycles. The molecule has 0 aliphatic carbocycles. The third-order valence-electron chi connectivity index (χ3n) is 3.20. The zero-order valence-electron chi connectivity index (χ0n) is 13.6. The van der Waals surface area contributed by atoms with Crippen LogP contribution < -0.4 is 15.5 Å². The number of unbranched alkanes of at least 4 members (excludes halogenated alkanes) is 1. The Balaban J connectivity index is 2.31. The summed E-state index contributed by atoms with van der Waals surface area (Å²) in [6, 6.07) is 8.56. The number of nitrogens with one attached hydrogen (secondary N) is 2. The molecule has 5 heteroatoms. The molecule has 0 aromatic heterocycles. The minimum Gasteiger partial charge on any atom is -0.378 e. The summed E-state index contributed by atoms with van der Waals surface area (Å²) in [5, 5.41) is 6.69. The third kappa shape index (κ3) is 7.27. The fourth-order valence-corrected chi connectivity index (χ4v) is 2.39. The van der Waals surface area contributed by atoms with Gasteiger partial charge in [-0.25, -0.2) is 0 Å². The average molecular weight is 308 g/mol. The van der Waals surface area contributed by atoms with Crippen molar-refractivity contribution in [2.24, 2.45) is 4.99 Å². The van der Waals surface area contributed by atoms with Crippen molar-refractivity contribution in [2.45, 2.75) is 19.4 Å². The summed E-state index contributed by atoms with van der Waals surface area (Å²) in [5.74, 6) is 2.10. The standard InChI is InChI=1S/C16H28N4S/c1-17-16(18-11-5-6-12-21-4)19-13-14-7-9-15(10-8-14)20(2)3/h7-10H,5-6,11-13H2,1-4H3,(H2,17,18,19). The predicted octanol–water partition coefficient (Wildman–Crippen LogP) is 2.56. The van der Waals surface area contributed by atoms with Crippen LogP contribution in [-0.4, -0.2) is 45.7 Å². The van der Waals surface area contributed by atoms with Crippen molar-refractivity contribution in [3.63, 3.8) is 0 Å². The van der Waals surface area contributed by atoms with Crippen molar-refractivity contribution >= 4 is 23.4 Å². The number of rotatable bonds is 8. The molecular formula is C16H28N4S. The van der Waals surface area contributed by atoms with Crippen LogP contribution in [0.15, 0.2) is 29.3 Å². The lowest BCUT2D eigenvalue weighted by molar-refractivity contribution is 0.733. The maximum atomic E-state index is 4.25. The largest absolute Gasteiger partial charge is 0.378 e. The van der Waals surface area contributed by atoms with E-state index in [4.69, 9.17) is 0 Å². The first-order valence-electron chi connectivity index (χ1n) is 7.37. The van der Waals surface area contributed by atoms with Crippen LogP contribution in [0.25, 0.3) is 0 Å². The van der Waals surface area contributed by atoms with Gasteiger partial charge in [-0.2, -0.15) is 11.8 Å². The molecule has 0 saturated carbocycles. The van der Waals surface area contributed by atoms with Gasteiger partial charge in [0.2, 0.25) is 0 Å². The first-order chi connectivity index (χ1) is 10.2. The van der Waals surface area contributed by atoms with Crippen LogP contribution in [0.5, 0.6) is 0 Å². The van der Waals surface area contributed by atoms with Gasteiger partial charge in [-0.3, -0.25) is 4.99 Å². The molecule has 0 atom stereocenters. The van der Waals surface area contributed by atoms with E-state index in [0.29, 0.717) is 0 Å². The molecule has 1 aromatic carbocycles. The minimum absolute atomic E-state index is 0.790. The van der Waals surface area contributed by atoms with Crippen LogP contribution >= 0.6 is 11.8 Å². The van der Waals surface area contributed by atoms with Crippen molar-refractivity contribution in [3.8, 4) is 0 Å². The summed E-state index contributed by atoms with van der Waals surface area (Å²) < 4.78 is 0. The van der Waals surface area contributed by atoms with Crippen LogP contribution in [0.3, 0.4) is 0 Å². The van der Waals surface area contributed by atoms with E-state index in [2.05, 4.69) is 65.1 Å². The van der Waals surface area contributed by atoms with E-state index in [1.807, 2.05) is 18.8 Å². The van der Waals surface area contributed by atoms with Crippen molar-refractivity contribution in [2.75, 3.05) is 44.6 Å². The molecule has 0 fully saturated rings. The van der Waals surface area contributed by atoms with E-state index in [1.165, 1.54) is 29.8 Å². The molecule has 0 heterocycles. The Morgan fingerprint density at radius 1 is 1.14 bits per heavy atom. The number of aliphatic imine (C=N–C) groups is 1. The summed E-state index contributed by atoms with van der Waals surface area (Å²) in [6.07, 6.45) is 4.58. The number of nitrogens with zero attached hydrogens (tertiary/aromatic N) is 2.